The first kappa shape index (κ1) is 12.0. The first-order chi connectivity index (χ1) is 7.13. The molecule has 0 aliphatic heterocycles. The molecule has 0 fully saturated rings. The van der Waals surface area contributed by atoms with E-state index in [0.29, 0.717) is 5.56 Å². The van der Waals surface area contributed by atoms with Gasteiger partial charge in [-0.25, -0.2) is 4.98 Å². The highest BCUT2D eigenvalue weighted by molar-refractivity contribution is 7.99. The molecule has 1 aromatic heterocycles. The highest BCUT2D eigenvalue weighted by Gasteiger charge is 2.04. The zero-order valence-electron chi connectivity index (χ0n) is 8.60. The molecule has 0 saturated carbocycles. The van der Waals surface area contributed by atoms with Crippen molar-refractivity contribution >= 4 is 17.6 Å². The maximum absolute atomic E-state index is 8.87. The van der Waals surface area contributed by atoms with Gasteiger partial charge < -0.3 is 10.8 Å². The van der Waals surface area contributed by atoms with E-state index >= 15 is 0 Å². The summed E-state index contributed by atoms with van der Waals surface area (Å²) < 4.78 is 0. The summed E-state index contributed by atoms with van der Waals surface area (Å²) in [6.45, 7) is 2.15. The lowest BCUT2D eigenvalue weighted by Crippen LogP contribution is -2.11. The fourth-order valence-corrected chi connectivity index (χ4v) is 1.84. The summed E-state index contributed by atoms with van der Waals surface area (Å²) in [4.78, 5) is 4.16. The lowest BCUT2D eigenvalue weighted by atomic mass is 10.2. The number of nitrogen functional groups attached to an aromatic ring is 1. The third-order valence-corrected chi connectivity index (χ3v) is 3.13. The average Bonchev–Trinajstić information content (AvgIpc) is 2.26. The average molecular weight is 225 g/mol. The first-order valence-electron chi connectivity index (χ1n) is 4.67. The van der Waals surface area contributed by atoms with Crippen molar-refractivity contribution in [3.8, 4) is 0 Å². The molecular weight excluding hydrogens is 210 g/mol. The summed E-state index contributed by atoms with van der Waals surface area (Å²) in [6, 6.07) is 3.50. The lowest BCUT2D eigenvalue weighted by molar-refractivity contribution is 0.250. The molecule has 0 bridgehead atoms. The molecule has 0 aliphatic carbocycles. The Morgan fingerprint density at radius 3 is 3.07 bits per heavy atom. The minimum absolute atomic E-state index is 0.0504. The number of nitrogens with two attached hydrogens (primary N) is 1. The Labute approximate surface area is 93.4 Å². The van der Waals surface area contributed by atoms with E-state index in [2.05, 4.69) is 4.98 Å². The number of amidine groups is 1. The van der Waals surface area contributed by atoms with Crippen LogP contribution >= 0.6 is 11.8 Å². The maximum Gasteiger partial charge on any atom is 0.122 e. The van der Waals surface area contributed by atoms with Crippen molar-refractivity contribution in [1.82, 2.24) is 4.98 Å². The molecule has 0 aliphatic rings. The quantitative estimate of drug-likeness (QED) is 0.398. The van der Waals surface area contributed by atoms with Crippen LogP contribution in [0.5, 0.6) is 0 Å². The SMILES string of the molecule is CC(CO)CSc1cc(C(=N)N)ccn1. The number of hydrogen-bond donors (Lipinski definition) is 3. The Bertz CT molecular complexity index is 343. The third kappa shape index (κ3) is 3.89. The van der Waals surface area contributed by atoms with E-state index in [1.807, 2.05) is 6.92 Å². The molecule has 1 heterocycles. The van der Waals surface area contributed by atoms with Crippen molar-refractivity contribution in [3.05, 3.63) is 23.9 Å². The van der Waals surface area contributed by atoms with Gasteiger partial charge in [0.2, 0.25) is 0 Å². The van der Waals surface area contributed by atoms with Gasteiger partial charge in [-0.15, -0.1) is 11.8 Å². The van der Waals surface area contributed by atoms with Crippen LogP contribution in [-0.4, -0.2) is 28.3 Å². The Morgan fingerprint density at radius 2 is 2.47 bits per heavy atom. The molecule has 0 radical (unpaired) electrons. The summed E-state index contributed by atoms with van der Waals surface area (Å²) in [5.74, 6) is 1.11. The van der Waals surface area contributed by atoms with Gasteiger partial charge in [-0.2, -0.15) is 0 Å². The molecule has 82 valence electrons. The van der Waals surface area contributed by atoms with Crippen LogP contribution in [-0.2, 0) is 0 Å². The van der Waals surface area contributed by atoms with Gasteiger partial charge in [0.15, 0.2) is 0 Å². The van der Waals surface area contributed by atoms with E-state index in [0.717, 1.165) is 10.8 Å². The van der Waals surface area contributed by atoms with E-state index in [4.69, 9.17) is 16.2 Å². The van der Waals surface area contributed by atoms with Gasteiger partial charge in [-0.3, -0.25) is 5.41 Å². The molecular formula is C10H15N3OS. The number of thioether (sulfide) groups is 1. The highest BCUT2D eigenvalue weighted by Crippen LogP contribution is 2.18. The predicted octanol–water partition coefficient (Wildman–Crippen LogP) is 1.09. The molecule has 4 nitrogen and oxygen atoms in total. The molecule has 1 unspecified atom stereocenters. The molecule has 0 saturated heterocycles. The van der Waals surface area contributed by atoms with Crippen LogP contribution < -0.4 is 5.73 Å². The van der Waals surface area contributed by atoms with Gasteiger partial charge in [0, 0.05) is 24.1 Å². The van der Waals surface area contributed by atoms with Gasteiger partial charge in [-0.1, -0.05) is 6.92 Å². The number of aromatic nitrogens is 1. The van der Waals surface area contributed by atoms with Crippen LogP contribution in [0.25, 0.3) is 0 Å². The van der Waals surface area contributed by atoms with Crippen LogP contribution in [0.4, 0.5) is 0 Å². The molecule has 1 rings (SSSR count). The second-order valence-electron chi connectivity index (χ2n) is 3.40. The van der Waals surface area contributed by atoms with E-state index in [1.54, 1.807) is 30.1 Å². The Morgan fingerprint density at radius 1 is 1.73 bits per heavy atom. The summed E-state index contributed by atoms with van der Waals surface area (Å²) in [6.07, 6.45) is 1.64. The smallest absolute Gasteiger partial charge is 0.122 e. The van der Waals surface area contributed by atoms with Crippen LogP contribution in [0.15, 0.2) is 23.4 Å². The van der Waals surface area contributed by atoms with Gasteiger partial charge in [0.1, 0.15) is 5.84 Å². The maximum atomic E-state index is 8.87. The highest BCUT2D eigenvalue weighted by atomic mass is 32.2. The fraction of sp³-hybridized carbons (Fsp3) is 0.400. The number of aliphatic hydroxyl groups excluding tert-OH is 1. The fourth-order valence-electron chi connectivity index (χ4n) is 0.936. The van der Waals surface area contributed by atoms with Crippen molar-refractivity contribution in [3.63, 3.8) is 0 Å². The van der Waals surface area contributed by atoms with E-state index in [-0.39, 0.29) is 18.4 Å². The summed E-state index contributed by atoms with van der Waals surface area (Å²) in [5, 5.41) is 17.0. The second kappa shape index (κ2) is 5.72. The van der Waals surface area contributed by atoms with Crippen molar-refractivity contribution in [2.45, 2.75) is 11.9 Å². The van der Waals surface area contributed by atoms with Crippen LogP contribution in [0.2, 0.25) is 0 Å². The van der Waals surface area contributed by atoms with E-state index < -0.39 is 0 Å². The zero-order valence-corrected chi connectivity index (χ0v) is 9.42. The number of pyridine rings is 1. The lowest BCUT2D eigenvalue weighted by Gasteiger charge is -2.07. The monoisotopic (exact) mass is 225 g/mol. The van der Waals surface area contributed by atoms with Crippen molar-refractivity contribution in [2.75, 3.05) is 12.4 Å². The van der Waals surface area contributed by atoms with E-state index in [9.17, 15) is 0 Å². The van der Waals surface area contributed by atoms with Gasteiger partial charge in [0.05, 0.1) is 5.03 Å². The number of nitrogens with one attached hydrogen (secondary N) is 1. The minimum Gasteiger partial charge on any atom is -0.396 e. The number of nitrogens with zero attached hydrogens (tertiary/aromatic N) is 1. The number of aliphatic hydroxyl groups is 1. The zero-order chi connectivity index (χ0) is 11.3. The molecule has 5 heteroatoms. The van der Waals surface area contributed by atoms with Crippen LogP contribution in [0.1, 0.15) is 12.5 Å². The summed E-state index contributed by atoms with van der Waals surface area (Å²) in [7, 11) is 0. The van der Waals surface area contributed by atoms with Gasteiger partial charge in [-0.05, 0) is 18.1 Å². The van der Waals surface area contributed by atoms with Crippen molar-refractivity contribution in [2.24, 2.45) is 11.7 Å². The van der Waals surface area contributed by atoms with Crippen molar-refractivity contribution in [1.29, 1.82) is 5.41 Å². The minimum atomic E-state index is 0.0504. The predicted molar refractivity (Wildman–Crippen MR) is 62.2 cm³/mol. The Kier molecular flexibility index (Phi) is 4.58. The molecule has 1 atom stereocenters. The number of rotatable bonds is 5. The third-order valence-electron chi connectivity index (χ3n) is 1.87. The standard InChI is InChI=1S/C10H15N3OS/c1-7(5-14)6-15-9-4-8(10(11)12)2-3-13-9/h2-4,7,14H,5-6H2,1H3,(H3,11,12). The first-order valence-corrected chi connectivity index (χ1v) is 5.66. The van der Waals surface area contributed by atoms with Crippen LogP contribution in [0, 0.1) is 11.3 Å². The topological polar surface area (TPSA) is 83.0 Å². The molecule has 0 spiro atoms. The summed E-state index contributed by atoms with van der Waals surface area (Å²) >= 11 is 1.56. The Hall–Kier alpha value is -1.07. The largest absolute Gasteiger partial charge is 0.396 e. The molecule has 0 amide bonds. The van der Waals surface area contributed by atoms with Crippen molar-refractivity contribution < 1.29 is 5.11 Å². The number of hydrogen-bond acceptors (Lipinski definition) is 4. The molecule has 0 aromatic carbocycles. The summed E-state index contributed by atoms with van der Waals surface area (Å²) in [5.41, 5.74) is 6.06. The van der Waals surface area contributed by atoms with Gasteiger partial charge in [0.25, 0.3) is 0 Å². The van der Waals surface area contributed by atoms with Gasteiger partial charge >= 0.3 is 0 Å². The molecule has 15 heavy (non-hydrogen) atoms. The van der Waals surface area contributed by atoms with Crippen LogP contribution in [0.3, 0.4) is 0 Å². The Balaban J connectivity index is 2.62. The molecule has 1 aromatic rings. The normalized spacial score (nSPS) is 12.4. The second-order valence-corrected chi connectivity index (χ2v) is 4.44. The molecule has 4 N–H and O–H groups in total. The van der Waals surface area contributed by atoms with E-state index in [1.165, 1.54) is 0 Å².